The third-order valence-corrected chi connectivity index (χ3v) is 22.4. The highest BCUT2D eigenvalue weighted by atomic mass is 28.5. The van der Waals surface area contributed by atoms with Gasteiger partial charge < -0.3 is 39.2 Å². The highest BCUT2D eigenvalue weighted by Crippen LogP contribution is 2.23. The quantitative estimate of drug-likeness (QED) is 0.156. The fraction of sp³-hybridized carbons (Fsp3) is 1.00. The zero-order chi connectivity index (χ0) is 28.5. The van der Waals surface area contributed by atoms with Crippen molar-refractivity contribution in [2.75, 3.05) is 39.8 Å². The van der Waals surface area contributed by atoms with E-state index in [4.69, 9.17) is 39.2 Å². The van der Waals surface area contributed by atoms with E-state index in [-0.39, 0.29) is 6.10 Å². The predicted octanol–water partition coefficient (Wildman–Crippen LogP) is 5.43. The Labute approximate surface area is 228 Å². The molecule has 0 saturated carbocycles. The summed E-state index contributed by atoms with van der Waals surface area (Å²) in [4.78, 5) is 0. The number of hydrogen-bond acceptors (Lipinski definition) is 9. The Morgan fingerprint density at radius 1 is 0.639 bits per heavy atom. The van der Waals surface area contributed by atoms with Crippen LogP contribution in [0.3, 0.4) is 0 Å². The summed E-state index contributed by atoms with van der Waals surface area (Å²) in [5.41, 5.74) is 0. The first-order valence-electron chi connectivity index (χ1n) is 12.9. The van der Waals surface area contributed by atoms with Gasteiger partial charge in [-0.15, -0.1) is 0 Å². The normalized spacial score (nSPS) is 20.2. The molecule has 0 aromatic rings. The average molecular weight is 621 g/mol. The summed E-state index contributed by atoms with van der Waals surface area (Å²) in [5.74, 6) is 0. The van der Waals surface area contributed by atoms with E-state index in [0.717, 1.165) is 6.61 Å². The summed E-state index contributed by atoms with van der Waals surface area (Å²) >= 11 is 0. The van der Waals surface area contributed by atoms with E-state index in [1.165, 1.54) is 0 Å². The standard InChI is InChI=1S/C12H30O6Si3.C9H26O3Si3/c1-8-16-21(7,17-19(3,4)5)18-20(6,13-2)11-14-9-12-10-15-12;1-9-10-15(8,11-13(2,3)4)12-14(5,6)7/h12H,8-11H2,1-7H3;9H2,1-8H3. The maximum Gasteiger partial charge on any atom is 0.478 e. The second-order valence-corrected chi connectivity index (χ2v) is 35.1. The van der Waals surface area contributed by atoms with Crippen molar-refractivity contribution in [1.82, 2.24) is 0 Å². The number of ether oxygens (including phenoxy) is 2. The van der Waals surface area contributed by atoms with Crippen molar-refractivity contribution in [3.63, 3.8) is 0 Å². The lowest BCUT2D eigenvalue weighted by molar-refractivity contribution is 0.103. The van der Waals surface area contributed by atoms with Crippen molar-refractivity contribution in [3.05, 3.63) is 0 Å². The molecule has 0 amide bonds. The molecule has 0 aromatic carbocycles. The van der Waals surface area contributed by atoms with Gasteiger partial charge in [0.05, 0.1) is 19.4 Å². The van der Waals surface area contributed by atoms with Gasteiger partial charge in [-0.3, -0.25) is 0 Å². The van der Waals surface area contributed by atoms with E-state index in [1.54, 1.807) is 7.11 Å². The Kier molecular flexibility index (Phi) is 15.5. The molecule has 1 heterocycles. The molecule has 0 bridgehead atoms. The van der Waals surface area contributed by atoms with Crippen LogP contribution in [0.25, 0.3) is 0 Å². The molecule has 3 atom stereocenters. The van der Waals surface area contributed by atoms with E-state index in [1.807, 2.05) is 33.5 Å². The van der Waals surface area contributed by atoms with Gasteiger partial charge in [0.25, 0.3) is 0 Å². The van der Waals surface area contributed by atoms with E-state index in [2.05, 4.69) is 58.9 Å². The summed E-state index contributed by atoms with van der Waals surface area (Å²) in [6.45, 7) is 31.9. The molecule has 0 N–H and O–H groups in total. The van der Waals surface area contributed by atoms with Crippen LogP contribution in [0.2, 0.25) is 78.6 Å². The van der Waals surface area contributed by atoms with Crippen molar-refractivity contribution >= 4 is 51.1 Å². The van der Waals surface area contributed by atoms with Crippen LogP contribution in [0.15, 0.2) is 0 Å². The van der Waals surface area contributed by atoms with Crippen molar-refractivity contribution < 1.29 is 39.2 Å². The first kappa shape index (κ1) is 36.9. The molecule has 36 heavy (non-hydrogen) atoms. The summed E-state index contributed by atoms with van der Waals surface area (Å²) in [6.07, 6.45) is 0.697. The van der Waals surface area contributed by atoms with Crippen LogP contribution in [-0.2, 0) is 39.2 Å². The maximum atomic E-state index is 6.27. The van der Waals surface area contributed by atoms with Crippen molar-refractivity contribution in [2.24, 2.45) is 0 Å². The first-order valence-corrected chi connectivity index (χ1v) is 30.1. The minimum atomic E-state index is -2.72. The van der Waals surface area contributed by atoms with Crippen LogP contribution in [0, 0.1) is 0 Å². The van der Waals surface area contributed by atoms with Gasteiger partial charge in [-0.2, -0.15) is 0 Å². The minimum absolute atomic E-state index is 0.244. The fourth-order valence-corrected chi connectivity index (χ4v) is 24.2. The Morgan fingerprint density at radius 3 is 1.28 bits per heavy atom. The molecule has 0 spiro atoms. The molecule has 0 radical (unpaired) electrons. The highest BCUT2D eigenvalue weighted by molar-refractivity contribution is 6.85. The molecule has 1 aliphatic heterocycles. The largest absolute Gasteiger partial charge is 0.478 e. The Bertz CT molecular complexity index is 606. The van der Waals surface area contributed by atoms with Crippen LogP contribution >= 0.6 is 0 Å². The average Bonchev–Trinajstić information content (AvgIpc) is 3.41. The third kappa shape index (κ3) is 19.1. The van der Waals surface area contributed by atoms with Gasteiger partial charge in [-0.1, -0.05) is 0 Å². The molecular weight excluding hydrogens is 565 g/mol. The van der Waals surface area contributed by atoms with Crippen LogP contribution in [0.4, 0.5) is 0 Å². The first-order chi connectivity index (χ1) is 16.1. The fourth-order valence-electron chi connectivity index (χ4n) is 3.41. The smallest absolute Gasteiger partial charge is 0.417 e. The number of rotatable bonds is 17. The van der Waals surface area contributed by atoms with Crippen molar-refractivity contribution in [1.29, 1.82) is 0 Å². The van der Waals surface area contributed by atoms with Crippen molar-refractivity contribution in [3.8, 4) is 0 Å². The Morgan fingerprint density at radius 2 is 1.00 bits per heavy atom. The summed E-state index contributed by atoms with van der Waals surface area (Å²) in [5, 5.41) is 0. The second kappa shape index (κ2) is 15.1. The van der Waals surface area contributed by atoms with Gasteiger partial charge in [0.1, 0.15) is 6.10 Å². The molecule has 15 heteroatoms. The Balaban J connectivity index is 0.000000723. The van der Waals surface area contributed by atoms with E-state index >= 15 is 0 Å². The maximum absolute atomic E-state index is 6.27. The van der Waals surface area contributed by atoms with Crippen LogP contribution < -0.4 is 0 Å². The van der Waals surface area contributed by atoms with Crippen molar-refractivity contribution in [2.45, 2.75) is 98.5 Å². The Hall–Kier alpha value is 0.941. The molecule has 218 valence electrons. The summed E-state index contributed by atoms with van der Waals surface area (Å²) in [7, 11) is -10.9. The minimum Gasteiger partial charge on any atom is -0.417 e. The molecule has 1 aliphatic rings. The van der Waals surface area contributed by atoms with Crippen LogP contribution in [0.1, 0.15) is 13.8 Å². The zero-order valence-electron chi connectivity index (χ0n) is 25.8. The van der Waals surface area contributed by atoms with Gasteiger partial charge >= 0.3 is 26.2 Å². The van der Waals surface area contributed by atoms with Gasteiger partial charge in [-0.25, -0.2) is 0 Å². The van der Waals surface area contributed by atoms with Crippen LogP contribution in [0.5, 0.6) is 0 Å². The lowest BCUT2D eigenvalue weighted by atomic mass is 10.5. The van der Waals surface area contributed by atoms with E-state index in [9.17, 15) is 0 Å². The molecule has 0 aromatic heterocycles. The highest BCUT2D eigenvalue weighted by Gasteiger charge is 2.48. The van der Waals surface area contributed by atoms with E-state index < -0.39 is 51.1 Å². The monoisotopic (exact) mass is 620 g/mol. The third-order valence-electron chi connectivity index (χ3n) is 4.19. The van der Waals surface area contributed by atoms with E-state index in [0.29, 0.717) is 26.1 Å². The molecule has 1 rings (SSSR count). The number of hydrogen-bond donors (Lipinski definition) is 0. The van der Waals surface area contributed by atoms with Crippen LogP contribution in [-0.4, -0.2) is 97.0 Å². The zero-order valence-corrected chi connectivity index (χ0v) is 31.8. The molecule has 3 unspecified atom stereocenters. The second-order valence-electron chi connectivity index (χ2n) is 12.1. The molecule has 1 saturated heterocycles. The molecular formula is C21H56O9Si6. The van der Waals surface area contributed by atoms with Gasteiger partial charge in [-0.05, 0) is 79.3 Å². The molecule has 0 aliphatic carbocycles. The number of epoxide rings is 1. The topological polar surface area (TPSA) is 86.4 Å². The SMILES string of the molecule is CCO[Si](C)(O[Si](C)(C)C)O[Si](C)(C)C.CCO[Si](C)(O[Si](C)(C)C)O[Si](C)(COCC1CO1)OC. The molecule has 9 nitrogen and oxygen atoms in total. The lowest BCUT2D eigenvalue weighted by Crippen LogP contribution is -2.59. The lowest BCUT2D eigenvalue weighted by Gasteiger charge is -2.38. The molecule has 1 fully saturated rings. The predicted molar refractivity (Wildman–Crippen MR) is 160 cm³/mol. The summed E-state index contributed by atoms with van der Waals surface area (Å²) in [6, 6.07) is 0. The van der Waals surface area contributed by atoms with Gasteiger partial charge in [0.15, 0.2) is 25.0 Å². The van der Waals surface area contributed by atoms with Gasteiger partial charge in [0.2, 0.25) is 0 Å². The summed E-state index contributed by atoms with van der Waals surface area (Å²) < 4.78 is 52.7. The van der Waals surface area contributed by atoms with Gasteiger partial charge in [0, 0.05) is 33.4 Å².